The summed E-state index contributed by atoms with van der Waals surface area (Å²) in [5.74, 6) is 1.000. The van der Waals surface area contributed by atoms with Crippen LogP contribution < -0.4 is 5.32 Å². The van der Waals surface area contributed by atoms with Gasteiger partial charge in [-0.3, -0.25) is 4.99 Å². The molecule has 1 aliphatic heterocycles. The number of rotatable bonds is 10. The quantitative estimate of drug-likeness (QED) is 0.237. The average Bonchev–Trinajstić information content (AvgIpc) is 2.50. The first-order chi connectivity index (χ1) is 10.9. The number of aliphatic imine (C=N–C) groups is 1. The summed E-state index contributed by atoms with van der Waals surface area (Å²) in [6.45, 7) is 18.9. The number of unbranched alkanes of at least 4 members (excludes halogenated alkanes) is 1. The highest BCUT2D eigenvalue weighted by Gasteiger charge is 2.53. The summed E-state index contributed by atoms with van der Waals surface area (Å²) in [4.78, 5) is 7.07. The van der Waals surface area contributed by atoms with Crippen molar-refractivity contribution in [3.8, 4) is 0 Å². The van der Waals surface area contributed by atoms with Crippen LogP contribution in [0, 0.1) is 5.41 Å². The molecule has 1 heterocycles. The third-order valence-electron chi connectivity index (χ3n) is 4.99. The van der Waals surface area contributed by atoms with Gasteiger partial charge in [-0.2, -0.15) is 0 Å². The second-order valence-corrected chi connectivity index (χ2v) is 7.34. The van der Waals surface area contributed by atoms with Crippen molar-refractivity contribution in [1.82, 2.24) is 10.2 Å². The van der Waals surface area contributed by atoms with Gasteiger partial charge in [0.2, 0.25) is 0 Å². The average molecular weight is 455 g/mol. The van der Waals surface area contributed by atoms with Crippen LogP contribution in [-0.4, -0.2) is 62.5 Å². The zero-order chi connectivity index (χ0) is 17.3. The Hall–Kier alpha value is -0.0800. The highest BCUT2D eigenvalue weighted by Crippen LogP contribution is 2.46. The lowest BCUT2D eigenvalue weighted by molar-refractivity contribution is -0.0668. The Morgan fingerprint density at radius 3 is 2.17 bits per heavy atom. The van der Waals surface area contributed by atoms with Gasteiger partial charge in [-0.05, 0) is 27.2 Å². The minimum atomic E-state index is 0. The molecule has 0 bridgehead atoms. The van der Waals surface area contributed by atoms with Crippen molar-refractivity contribution >= 4 is 29.9 Å². The monoisotopic (exact) mass is 455 g/mol. The minimum absolute atomic E-state index is 0. The Bertz CT molecular complexity index is 373. The molecule has 0 radical (unpaired) electrons. The van der Waals surface area contributed by atoms with E-state index in [1.165, 1.54) is 6.42 Å². The van der Waals surface area contributed by atoms with Crippen LogP contribution in [0.4, 0.5) is 0 Å². The molecule has 144 valence electrons. The van der Waals surface area contributed by atoms with Gasteiger partial charge >= 0.3 is 0 Å². The van der Waals surface area contributed by atoms with Crippen molar-refractivity contribution in [3.63, 3.8) is 0 Å². The van der Waals surface area contributed by atoms with Crippen LogP contribution in [0.1, 0.15) is 54.4 Å². The SMILES string of the molecule is CCCCOCCOCCN=C(NCC)N1CC(C)(C)C1(C)C.I. The van der Waals surface area contributed by atoms with E-state index in [1.807, 2.05) is 0 Å². The molecular formula is C18H38IN3O2. The maximum Gasteiger partial charge on any atom is 0.194 e. The van der Waals surface area contributed by atoms with Crippen LogP contribution in [0.15, 0.2) is 4.99 Å². The van der Waals surface area contributed by atoms with Crippen LogP contribution in [0.2, 0.25) is 0 Å². The normalized spacial score (nSPS) is 18.8. The number of hydrogen-bond donors (Lipinski definition) is 1. The maximum atomic E-state index is 5.59. The highest BCUT2D eigenvalue weighted by atomic mass is 127. The lowest BCUT2D eigenvalue weighted by Crippen LogP contribution is -2.72. The summed E-state index contributed by atoms with van der Waals surface area (Å²) in [7, 11) is 0. The molecule has 6 heteroatoms. The molecule has 0 spiro atoms. The smallest absolute Gasteiger partial charge is 0.194 e. The number of likely N-dealkylation sites (tertiary alicyclic amines) is 1. The Kier molecular flexibility index (Phi) is 11.5. The number of hydrogen-bond acceptors (Lipinski definition) is 3. The standard InChI is InChI=1S/C18H37N3O2.HI/c1-7-9-11-22-13-14-23-12-10-20-16(19-8-2)21-15-17(3,4)18(21,5)6;/h7-15H2,1-6H3,(H,19,20);1H. The van der Waals surface area contributed by atoms with Crippen molar-refractivity contribution in [2.75, 3.05) is 46.1 Å². The molecule has 1 fully saturated rings. The Balaban J connectivity index is 0.00000529. The van der Waals surface area contributed by atoms with E-state index in [9.17, 15) is 0 Å². The first kappa shape index (κ1) is 23.9. The first-order valence-electron chi connectivity index (χ1n) is 9.08. The second kappa shape index (κ2) is 11.5. The summed E-state index contributed by atoms with van der Waals surface area (Å²) in [5, 5.41) is 3.40. The van der Waals surface area contributed by atoms with Gasteiger partial charge in [-0.1, -0.05) is 27.2 Å². The van der Waals surface area contributed by atoms with Crippen molar-refractivity contribution < 1.29 is 9.47 Å². The molecule has 0 aliphatic carbocycles. The van der Waals surface area contributed by atoms with Gasteiger partial charge in [-0.25, -0.2) is 0 Å². The van der Waals surface area contributed by atoms with Crippen LogP contribution >= 0.6 is 24.0 Å². The van der Waals surface area contributed by atoms with Gasteiger partial charge < -0.3 is 19.7 Å². The molecule has 0 atom stereocenters. The van der Waals surface area contributed by atoms with Gasteiger partial charge in [0.25, 0.3) is 0 Å². The molecule has 0 amide bonds. The molecule has 0 aromatic rings. The molecular weight excluding hydrogens is 417 g/mol. The largest absolute Gasteiger partial charge is 0.379 e. The van der Waals surface area contributed by atoms with Gasteiger partial charge in [0.1, 0.15) is 0 Å². The molecule has 0 aromatic heterocycles. The predicted molar refractivity (Wildman–Crippen MR) is 113 cm³/mol. The zero-order valence-electron chi connectivity index (χ0n) is 16.5. The van der Waals surface area contributed by atoms with Crippen LogP contribution in [0.3, 0.4) is 0 Å². The van der Waals surface area contributed by atoms with Crippen LogP contribution in [0.5, 0.6) is 0 Å². The van der Waals surface area contributed by atoms with E-state index in [1.54, 1.807) is 0 Å². The molecule has 1 aliphatic rings. The van der Waals surface area contributed by atoms with Gasteiger partial charge in [0, 0.05) is 30.7 Å². The molecule has 1 saturated heterocycles. The van der Waals surface area contributed by atoms with Gasteiger partial charge in [0.15, 0.2) is 5.96 Å². The fourth-order valence-electron chi connectivity index (χ4n) is 2.58. The maximum absolute atomic E-state index is 5.59. The molecule has 1 rings (SSSR count). The van der Waals surface area contributed by atoms with Crippen molar-refractivity contribution in [2.45, 2.75) is 59.9 Å². The number of guanidine groups is 1. The highest BCUT2D eigenvalue weighted by molar-refractivity contribution is 14.0. The Morgan fingerprint density at radius 1 is 1.04 bits per heavy atom. The minimum Gasteiger partial charge on any atom is -0.379 e. The molecule has 24 heavy (non-hydrogen) atoms. The van der Waals surface area contributed by atoms with Crippen molar-refractivity contribution in [2.24, 2.45) is 10.4 Å². The predicted octanol–water partition coefficient (Wildman–Crippen LogP) is 3.52. The summed E-state index contributed by atoms with van der Waals surface area (Å²) in [6, 6.07) is 0. The summed E-state index contributed by atoms with van der Waals surface area (Å²) < 4.78 is 11.1. The van der Waals surface area contributed by atoms with Crippen molar-refractivity contribution in [1.29, 1.82) is 0 Å². The van der Waals surface area contributed by atoms with E-state index in [0.29, 0.717) is 31.8 Å². The van der Waals surface area contributed by atoms with Crippen molar-refractivity contribution in [3.05, 3.63) is 0 Å². The van der Waals surface area contributed by atoms with Gasteiger partial charge in [0.05, 0.1) is 26.4 Å². The lowest BCUT2D eigenvalue weighted by Gasteiger charge is -2.62. The van der Waals surface area contributed by atoms with E-state index in [-0.39, 0.29) is 29.5 Å². The molecule has 0 aromatic carbocycles. The summed E-state index contributed by atoms with van der Waals surface area (Å²) in [5.41, 5.74) is 0.442. The summed E-state index contributed by atoms with van der Waals surface area (Å²) >= 11 is 0. The molecule has 5 nitrogen and oxygen atoms in total. The molecule has 0 saturated carbocycles. The van der Waals surface area contributed by atoms with E-state index < -0.39 is 0 Å². The van der Waals surface area contributed by atoms with E-state index in [2.05, 4.69) is 51.8 Å². The summed E-state index contributed by atoms with van der Waals surface area (Å²) in [6.07, 6.45) is 2.30. The van der Waals surface area contributed by atoms with Crippen LogP contribution in [0.25, 0.3) is 0 Å². The Labute approximate surface area is 166 Å². The topological polar surface area (TPSA) is 46.1 Å². The number of halogens is 1. The number of nitrogens with one attached hydrogen (secondary N) is 1. The third-order valence-corrected chi connectivity index (χ3v) is 4.99. The number of nitrogens with zero attached hydrogens (tertiary/aromatic N) is 2. The van der Waals surface area contributed by atoms with Gasteiger partial charge in [-0.15, -0.1) is 24.0 Å². The fraction of sp³-hybridized carbons (Fsp3) is 0.944. The van der Waals surface area contributed by atoms with E-state index in [4.69, 9.17) is 14.5 Å². The second-order valence-electron chi connectivity index (χ2n) is 7.34. The zero-order valence-corrected chi connectivity index (χ0v) is 18.8. The fourth-order valence-corrected chi connectivity index (χ4v) is 2.58. The molecule has 1 N–H and O–H groups in total. The van der Waals surface area contributed by atoms with Crippen LogP contribution in [-0.2, 0) is 9.47 Å². The first-order valence-corrected chi connectivity index (χ1v) is 9.08. The Morgan fingerprint density at radius 2 is 1.67 bits per heavy atom. The van der Waals surface area contributed by atoms with E-state index in [0.717, 1.165) is 32.1 Å². The number of ether oxygens (including phenoxy) is 2. The molecule has 0 unspecified atom stereocenters. The van der Waals surface area contributed by atoms with E-state index >= 15 is 0 Å². The lowest BCUT2D eigenvalue weighted by atomic mass is 9.65. The third kappa shape index (κ3) is 6.67.